The van der Waals surface area contributed by atoms with Crippen LogP contribution in [0.4, 0.5) is 0 Å². The van der Waals surface area contributed by atoms with Gasteiger partial charge >= 0.3 is 59.7 Å². The van der Waals surface area contributed by atoms with Gasteiger partial charge in [-0.2, -0.15) is 0 Å². The molecule has 788 valence electrons. The second-order valence-corrected chi connectivity index (χ2v) is 53.2. The first kappa shape index (κ1) is 113. The van der Waals surface area contributed by atoms with Gasteiger partial charge in [0.1, 0.15) is 28.0 Å². The molecule has 20 aliphatic carbocycles. The first-order valence-electron chi connectivity index (χ1n) is 56.6. The monoisotopic (exact) mass is 1930 g/mol. The fraction of sp³-hybridized carbons (Fsp3) is 0.915. The Morgan fingerprint density at radius 2 is 0.493 bits per heavy atom. The van der Waals surface area contributed by atoms with Gasteiger partial charge in [0.05, 0.1) is 28.1 Å². The quantitative estimate of drug-likeness (QED) is 0.0408. The molecule has 0 amide bonds. The van der Waals surface area contributed by atoms with Crippen molar-refractivity contribution in [1.29, 1.82) is 0 Å². The van der Waals surface area contributed by atoms with E-state index in [9.17, 15) is 47.9 Å². The van der Waals surface area contributed by atoms with Crippen LogP contribution in [-0.4, -0.2) is 121 Å². The average molecular weight is 1930 g/mol. The number of hydrogen-bond donors (Lipinski definition) is 0. The van der Waals surface area contributed by atoms with Crippen LogP contribution in [0.1, 0.15) is 451 Å². The van der Waals surface area contributed by atoms with Crippen molar-refractivity contribution in [2.45, 2.75) is 479 Å². The molecule has 20 saturated carbocycles. The summed E-state index contributed by atoms with van der Waals surface area (Å²) in [6, 6.07) is 0. The van der Waals surface area contributed by atoms with Gasteiger partial charge in [-0.25, -0.2) is 24.0 Å². The molecule has 0 saturated heterocycles. The van der Waals surface area contributed by atoms with Gasteiger partial charge < -0.3 is 47.4 Å². The summed E-state index contributed by atoms with van der Waals surface area (Å²) in [7, 11) is 0. The van der Waals surface area contributed by atoms with Crippen LogP contribution in [0.15, 0.2) is 0 Å². The number of hydrogen-bond acceptors (Lipinski definition) is 20. The second kappa shape index (κ2) is 45.0. The molecule has 16 unspecified atom stereocenters. The van der Waals surface area contributed by atoms with Gasteiger partial charge in [-0.05, 0) is 383 Å². The molecule has 20 fully saturated rings. The SMILES string of the molecule is CCC(C)CC1(OC(=O)COC(=O)C(C)(C)CC)C2CC3CC1CC(C)(C3)C2.CCC(C)CC1(OC(=O)COC(=O)C(C)CC)C2CC3CC1CC(C)(C3)C2.CCC(CC)C1(OC(=O)COC(=O)C(C)(C)CC)C2CC3CC1CC(C)(C3)C2.CCCC(C)C1(OC(=O)COC(=O)C(C)(C)CC)C2CC3CC1CC(C)(C3)C2.CCCC(C)C1(OC(=O)COC(=O)C(C)CC)C2CC3CC1CC(C)(C3)C2. The first-order chi connectivity index (χ1) is 64.6. The molecule has 16 atom stereocenters. The maximum atomic E-state index is 12.9. The minimum atomic E-state index is -0.565. The predicted octanol–water partition coefficient (Wildman–Crippen LogP) is 26.9. The highest BCUT2D eigenvalue weighted by molar-refractivity contribution is 5.82. The van der Waals surface area contributed by atoms with Crippen LogP contribution in [0.2, 0.25) is 0 Å². The molecule has 20 nitrogen and oxygen atoms in total. The number of ether oxygens (including phenoxy) is 10. The summed E-state index contributed by atoms with van der Waals surface area (Å²) in [6.45, 7) is 57.8. The molecule has 0 heterocycles. The zero-order chi connectivity index (χ0) is 102. The standard InChI is InChI=1S/3C24H40O4.2C23H38O4/c1-7-16(3)11-24(28-20(25)15-27-21(26)22(4,5)8-2)18-9-17-10-19(24)14-23(6,12-17)13-18;1-7-9-16(3)24(28-20(25)15-27-21(26)22(4,5)8-2)18-10-17-11-19(24)14-23(6,12-17)13-18;1-7-17(8-2)24(28-20(25)15-27-21(26)22(4,5)9-3)18-10-16-11-19(24)14-23(6,12-16)13-18;1-6-15(3)10-23(27-20(24)14-26-21(25)16(4)7-2)18-8-17-9-19(23)13-22(5,11-17)12-18;1-6-8-16(4)23(27-20(24)14-26-21(25)15(3)7-2)18-9-17-10-19(23)13-22(5,11-17)12-18/h3*16-19H,7-15H2,1-6H3;2*15-19H,6-14H2,1-5H3. The number of carbonyl (C=O) groups is 10. The molecule has 0 aromatic rings. The van der Waals surface area contributed by atoms with Gasteiger partial charge in [-0.15, -0.1) is 0 Å². The molecule has 0 aromatic heterocycles. The summed E-state index contributed by atoms with van der Waals surface area (Å²) >= 11 is 0. The largest absolute Gasteiger partial charge is 0.456 e. The van der Waals surface area contributed by atoms with Crippen molar-refractivity contribution >= 4 is 59.7 Å². The molecule has 0 N–H and O–H groups in total. The van der Waals surface area contributed by atoms with E-state index in [0.717, 1.165) is 107 Å². The normalized spacial score (nSPS) is 38.0. The average Bonchev–Trinajstić information content (AvgIpc) is 0.670. The Bertz CT molecular complexity index is 4080. The van der Waals surface area contributed by atoms with E-state index in [-0.39, 0.29) is 133 Å². The summed E-state index contributed by atoms with van der Waals surface area (Å²) in [6.07, 6.45) is 44.4. The zero-order valence-electron chi connectivity index (χ0n) is 92.2. The van der Waals surface area contributed by atoms with Crippen LogP contribution in [0, 0.1) is 174 Å². The molecule has 20 heteroatoms. The van der Waals surface area contributed by atoms with Gasteiger partial charge in [0.15, 0.2) is 33.0 Å². The van der Waals surface area contributed by atoms with E-state index in [0.29, 0.717) is 135 Å². The van der Waals surface area contributed by atoms with Crippen LogP contribution >= 0.6 is 0 Å². The highest BCUT2D eigenvalue weighted by atomic mass is 16.6. The molecule has 0 aliphatic heterocycles. The van der Waals surface area contributed by atoms with Crippen molar-refractivity contribution < 1.29 is 95.3 Å². The van der Waals surface area contributed by atoms with E-state index in [1.165, 1.54) is 161 Å². The fourth-order valence-corrected chi connectivity index (χ4v) is 33.3. The summed E-state index contributed by atoms with van der Waals surface area (Å²) in [5.74, 6) is 7.08. The van der Waals surface area contributed by atoms with Crippen LogP contribution < -0.4 is 0 Å². The Morgan fingerprint density at radius 1 is 0.275 bits per heavy atom. The van der Waals surface area contributed by atoms with Gasteiger partial charge in [0.2, 0.25) is 0 Å². The molecule has 0 radical (unpaired) electrons. The number of rotatable bonds is 40. The lowest BCUT2D eigenvalue weighted by Gasteiger charge is -2.65. The van der Waals surface area contributed by atoms with Crippen molar-refractivity contribution in [2.75, 3.05) is 33.0 Å². The summed E-state index contributed by atoms with van der Waals surface area (Å²) in [5.41, 5.74) is -1.31. The molecular weight excluding hydrogens is 1740 g/mol. The van der Waals surface area contributed by atoms with Crippen LogP contribution in [-0.2, 0) is 95.3 Å². The highest BCUT2D eigenvalue weighted by Gasteiger charge is 2.70. The number of esters is 10. The van der Waals surface area contributed by atoms with Gasteiger partial charge in [0.25, 0.3) is 0 Å². The maximum Gasteiger partial charge on any atom is 0.344 e. The fourth-order valence-electron chi connectivity index (χ4n) is 33.3. The van der Waals surface area contributed by atoms with E-state index in [1.54, 1.807) is 0 Å². The molecular formula is C118H196O20. The smallest absolute Gasteiger partial charge is 0.344 e. The van der Waals surface area contributed by atoms with Crippen molar-refractivity contribution in [3.8, 4) is 0 Å². The van der Waals surface area contributed by atoms with E-state index >= 15 is 0 Å². The lowest BCUT2D eigenvalue weighted by Crippen LogP contribution is -2.65. The Labute approximate surface area is 835 Å². The molecule has 20 rings (SSSR count). The van der Waals surface area contributed by atoms with E-state index in [2.05, 4.69) is 104 Å². The zero-order valence-corrected chi connectivity index (χ0v) is 92.2. The Morgan fingerprint density at radius 3 is 0.710 bits per heavy atom. The minimum absolute atomic E-state index is 0.173. The molecule has 138 heavy (non-hydrogen) atoms. The summed E-state index contributed by atoms with van der Waals surface area (Å²) in [4.78, 5) is 125. The van der Waals surface area contributed by atoms with Crippen molar-refractivity contribution in [2.24, 2.45) is 174 Å². The minimum Gasteiger partial charge on any atom is -0.456 e. The van der Waals surface area contributed by atoms with E-state index < -0.39 is 16.2 Å². The van der Waals surface area contributed by atoms with E-state index in [4.69, 9.17) is 47.4 Å². The van der Waals surface area contributed by atoms with Crippen molar-refractivity contribution in [3.63, 3.8) is 0 Å². The van der Waals surface area contributed by atoms with Crippen LogP contribution in [0.3, 0.4) is 0 Å². The lowest BCUT2D eigenvalue weighted by atomic mass is 9.42. The second-order valence-electron chi connectivity index (χ2n) is 53.2. The topological polar surface area (TPSA) is 263 Å². The third-order valence-electron chi connectivity index (χ3n) is 40.9. The highest BCUT2D eigenvalue weighted by Crippen LogP contribution is 2.72. The van der Waals surface area contributed by atoms with Gasteiger partial charge in [0, 0.05) is 35.5 Å². The maximum absolute atomic E-state index is 12.9. The Hall–Kier alpha value is -5.30. The third kappa shape index (κ3) is 24.3. The van der Waals surface area contributed by atoms with Crippen molar-refractivity contribution in [3.05, 3.63) is 0 Å². The van der Waals surface area contributed by atoms with Crippen LogP contribution in [0.25, 0.3) is 0 Å². The molecule has 0 aromatic carbocycles. The number of carbonyl (C=O) groups excluding carboxylic acids is 10. The van der Waals surface area contributed by atoms with Gasteiger partial charge in [-0.3, -0.25) is 24.0 Å². The molecule has 0 spiro atoms. The van der Waals surface area contributed by atoms with Gasteiger partial charge in [-0.1, -0.05) is 178 Å². The summed E-state index contributed by atoms with van der Waals surface area (Å²) < 4.78 is 58.2. The van der Waals surface area contributed by atoms with Crippen LogP contribution in [0.5, 0.6) is 0 Å². The predicted molar refractivity (Wildman–Crippen MR) is 539 cm³/mol. The first-order valence-corrected chi connectivity index (χ1v) is 56.6. The molecule has 20 bridgehead atoms. The van der Waals surface area contributed by atoms with Crippen molar-refractivity contribution in [1.82, 2.24) is 0 Å². The lowest BCUT2D eigenvalue weighted by molar-refractivity contribution is -0.245. The van der Waals surface area contributed by atoms with E-state index in [1.807, 2.05) is 90.0 Å². The molecule has 20 aliphatic rings. The third-order valence-corrected chi connectivity index (χ3v) is 40.9. The Kier molecular flexibility index (Phi) is 36.8. The Balaban J connectivity index is 0.000000165. The summed E-state index contributed by atoms with van der Waals surface area (Å²) in [5, 5.41) is 0.